The van der Waals surface area contributed by atoms with Crippen molar-refractivity contribution >= 4 is 29.0 Å². The summed E-state index contributed by atoms with van der Waals surface area (Å²) >= 11 is 0. The Kier molecular flexibility index (Phi) is 16.4. The third kappa shape index (κ3) is 11.8. The number of methoxy groups -OCH3 is 2. The zero-order valence-corrected chi connectivity index (χ0v) is 35.6. The number of hydrogen-bond donors (Lipinski definition) is 1. The molecule has 0 aromatic heterocycles. The number of nitro benzene ring substituents is 1. The smallest absolute Gasteiger partial charge is 0.336 e. The lowest BCUT2D eigenvalue weighted by molar-refractivity contribution is -0.384. The number of nitrogens with one attached hydrogen (secondary N) is 1. The van der Waals surface area contributed by atoms with Gasteiger partial charge in [-0.25, -0.2) is 9.59 Å². The predicted molar refractivity (Wildman–Crippen MR) is 231 cm³/mol. The van der Waals surface area contributed by atoms with E-state index in [1.165, 1.54) is 18.2 Å². The van der Waals surface area contributed by atoms with E-state index in [1.807, 2.05) is 36.4 Å². The molecule has 0 aliphatic carbocycles. The van der Waals surface area contributed by atoms with E-state index in [2.05, 4.69) is 37.0 Å². The first-order valence-corrected chi connectivity index (χ1v) is 20.8. The van der Waals surface area contributed by atoms with Crippen LogP contribution in [0.15, 0.2) is 95.3 Å². The van der Waals surface area contributed by atoms with Gasteiger partial charge >= 0.3 is 11.9 Å². The first-order valence-electron chi connectivity index (χ1n) is 20.8. The number of non-ortho nitro benzene ring substituents is 1. The minimum atomic E-state index is -0.980. The first kappa shape index (κ1) is 44.9. The molecule has 0 spiro atoms. The molecule has 6 rings (SSSR count). The Morgan fingerprint density at radius 1 is 0.639 bits per heavy atom. The molecule has 0 saturated carbocycles. The van der Waals surface area contributed by atoms with E-state index in [0.717, 1.165) is 88.3 Å². The zero-order valence-electron chi connectivity index (χ0n) is 35.6. The second-order valence-electron chi connectivity index (χ2n) is 15.0. The lowest BCUT2D eigenvalue weighted by Gasteiger charge is -2.36. The minimum absolute atomic E-state index is 0.0177. The molecule has 3 aliphatic rings. The summed E-state index contributed by atoms with van der Waals surface area (Å²) in [7, 11) is 3.37. The fourth-order valence-electron chi connectivity index (χ4n) is 8.03. The van der Waals surface area contributed by atoms with Gasteiger partial charge in [0.1, 0.15) is 24.7 Å². The summed E-state index contributed by atoms with van der Waals surface area (Å²) in [6, 6.07) is 22.0. The average Bonchev–Trinajstić information content (AvgIpc) is 3.28. The molecule has 0 amide bonds. The van der Waals surface area contributed by atoms with Gasteiger partial charge in [-0.1, -0.05) is 36.4 Å². The maximum atomic E-state index is 13.8. The number of rotatable bonds is 20. The molecule has 2 fully saturated rings. The molecule has 0 atom stereocenters. The number of anilines is 2. The van der Waals surface area contributed by atoms with E-state index in [1.54, 1.807) is 34.1 Å². The Morgan fingerprint density at radius 3 is 1.54 bits per heavy atom. The molecule has 16 nitrogen and oxygen atoms in total. The van der Waals surface area contributed by atoms with Crippen molar-refractivity contribution in [2.45, 2.75) is 19.8 Å². The maximum Gasteiger partial charge on any atom is 0.336 e. The Hall–Kier alpha value is -5.68. The van der Waals surface area contributed by atoms with Crippen LogP contribution >= 0.6 is 0 Å². The van der Waals surface area contributed by atoms with E-state index in [4.69, 9.17) is 28.4 Å². The third-order valence-corrected chi connectivity index (χ3v) is 11.2. The monoisotopic (exact) mass is 842 g/mol. The van der Waals surface area contributed by atoms with Crippen LogP contribution in [0.5, 0.6) is 11.5 Å². The number of carbonyl (C=O) groups excluding carboxylic acids is 2. The second-order valence-corrected chi connectivity index (χ2v) is 15.0. The van der Waals surface area contributed by atoms with Crippen molar-refractivity contribution in [2.24, 2.45) is 0 Å². The number of esters is 2. The normalized spacial score (nSPS) is 16.7. The Bertz CT molecular complexity index is 1910. The van der Waals surface area contributed by atoms with E-state index in [0.29, 0.717) is 30.2 Å². The number of benzene rings is 3. The Morgan fingerprint density at radius 2 is 1.10 bits per heavy atom. The largest absolute Gasteiger partial charge is 0.495 e. The highest BCUT2D eigenvalue weighted by Gasteiger charge is 2.38. The van der Waals surface area contributed by atoms with Gasteiger partial charge in [0, 0.05) is 89.0 Å². The van der Waals surface area contributed by atoms with Gasteiger partial charge < -0.3 is 43.5 Å². The van der Waals surface area contributed by atoms with Gasteiger partial charge in [0.2, 0.25) is 0 Å². The fraction of sp³-hybridized carbons (Fsp3) is 0.467. The summed E-state index contributed by atoms with van der Waals surface area (Å²) in [5.41, 5.74) is 3.65. The summed E-state index contributed by atoms with van der Waals surface area (Å²) in [5, 5.41) is 14.9. The van der Waals surface area contributed by atoms with Crippen molar-refractivity contribution in [3.05, 3.63) is 111 Å². The van der Waals surface area contributed by atoms with Gasteiger partial charge in [0.05, 0.1) is 74.0 Å². The number of nitro groups is 1. The molecule has 328 valence electrons. The lowest BCUT2D eigenvalue weighted by atomic mass is 9.80. The van der Waals surface area contributed by atoms with E-state index < -0.39 is 22.8 Å². The number of hydrogen-bond acceptors (Lipinski definition) is 15. The number of dihydropyridines is 1. The number of allylic oxidation sites excluding steroid dienone is 2. The quantitative estimate of drug-likeness (QED) is 0.0728. The van der Waals surface area contributed by atoms with Crippen LogP contribution < -0.4 is 24.6 Å². The van der Waals surface area contributed by atoms with Crippen LogP contribution in [-0.4, -0.2) is 146 Å². The molecule has 3 aromatic rings. The topological polar surface area (TPSA) is 158 Å². The van der Waals surface area contributed by atoms with Crippen LogP contribution in [0.25, 0.3) is 0 Å². The molecule has 3 heterocycles. The highest BCUT2D eigenvalue weighted by atomic mass is 16.6. The molecule has 0 unspecified atom stereocenters. The fourth-order valence-corrected chi connectivity index (χ4v) is 8.03. The summed E-state index contributed by atoms with van der Waals surface area (Å²) in [4.78, 5) is 48.2. The SMILES string of the molecule is COc1ccccc1N1CCN(CCOCCOC(=O)C2=C(C)NC(C)=C(C(=O)OCCOCCN3CCN(c4ccccc4OC)CC3)C2c2cccc([N+](=O)[O-])c2)CC1. The van der Waals surface area contributed by atoms with Crippen LogP contribution in [0.3, 0.4) is 0 Å². The molecular weight excluding hydrogens is 785 g/mol. The first-order chi connectivity index (χ1) is 29.7. The summed E-state index contributed by atoms with van der Waals surface area (Å²) in [6.07, 6.45) is 0. The van der Waals surface area contributed by atoms with Crippen molar-refractivity contribution in [1.82, 2.24) is 15.1 Å². The standard InChI is InChI=1S/C45H58N6O10/c1-33-41(44(52)60-30-28-58-26-24-47-16-20-49(21-17-47)37-12-5-7-14-39(37)56-3)43(35-10-9-11-36(32-35)51(54)55)42(34(2)46-33)45(53)61-31-29-59-27-25-48-18-22-50(23-19-48)38-13-6-8-15-40(38)57-4/h5-15,32,43,46H,16-31H2,1-4H3. The molecule has 2 saturated heterocycles. The van der Waals surface area contributed by atoms with Gasteiger partial charge in [0.25, 0.3) is 5.69 Å². The van der Waals surface area contributed by atoms with Crippen molar-refractivity contribution in [2.75, 3.05) is 129 Å². The number of piperazine rings is 2. The molecule has 3 aliphatic heterocycles. The van der Waals surface area contributed by atoms with Crippen LogP contribution in [-0.2, 0) is 28.5 Å². The molecule has 1 N–H and O–H groups in total. The summed E-state index contributed by atoms with van der Waals surface area (Å²) < 4.78 is 34.2. The van der Waals surface area contributed by atoms with Crippen LogP contribution in [0, 0.1) is 10.1 Å². The summed E-state index contributed by atoms with van der Waals surface area (Å²) in [6.45, 7) is 13.1. The molecular formula is C45H58N6O10. The second kappa shape index (κ2) is 22.2. The third-order valence-electron chi connectivity index (χ3n) is 11.2. The molecule has 0 bridgehead atoms. The van der Waals surface area contributed by atoms with E-state index in [9.17, 15) is 19.7 Å². The molecule has 61 heavy (non-hydrogen) atoms. The molecule has 16 heteroatoms. The van der Waals surface area contributed by atoms with Crippen LogP contribution in [0.4, 0.5) is 17.1 Å². The van der Waals surface area contributed by atoms with Crippen molar-refractivity contribution in [3.63, 3.8) is 0 Å². The Labute approximate surface area is 357 Å². The predicted octanol–water partition coefficient (Wildman–Crippen LogP) is 4.61. The van der Waals surface area contributed by atoms with Crippen molar-refractivity contribution in [1.29, 1.82) is 0 Å². The highest BCUT2D eigenvalue weighted by molar-refractivity contribution is 6.00. The molecule has 3 aromatic carbocycles. The number of ether oxygens (including phenoxy) is 6. The maximum absolute atomic E-state index is 13.8. The van der Waals surface area contributed by atoms with Crippen molar-refractivity contribution < 1.29 is 42.9 Å². The minimum Gasteiger partial charge on any atom is -0.495 e. The zero-order chi connectivity index (χ0) is 43.1. The van der Waals surface area contributed by atoms with Crippen molar-refractivity contribution in [3.8, 4) is 11.5 Å². The van der Waals surface area contributed by atoms with Gasteiger partial charge in [-0.2, -0.15) is 0 Å². The van der Waals surface area contributed by atoms with Crippen LogP contribution in [0.1, 0.15) is 25.3 Å². The number of nitrogens with zero attached hydrogens (tertiary/aromatic N) is 5. The lowest BCUT2D eigenvalue weighted by Crippen LogP contribution is -2.47. The highest BCUT2D eigenvalue weighted by Crippen LogP contribution is 2.40. The average molecular weight is 843 g/mol. The van der Waals surface area contributed by atoms with E-state index >= 15 is 0 Å². The van der Waals surface area contributed by atoms with Gasteiger partial charge in [-0.3, -0.25) is 19.9 Å². The van der Waals surface area contributed by atoms with Gasteiger partial charge in [0.15, 0.2) is 0 Å². The molecule has 0 radical (unpaired) electrons. The Balaban J connectivity index is 0.967. The van der Waals surface area contributed by atoms with Gasteiger partial charge in [-0.05, 0) is 43.7 Å². The van der Waals surface area contributed by atoms with E-state index in [-0.39, 0.29) is 43.3 Å². The van der Waals surface area contributed by atoms with Crippen LogP contribution in [0.2, 0.25) is 0 Å². The number of carbonyl (C=O) groups is 2. The number of para-hydroxylation sites is 4. The summed E-state index contributed by atoms with van der Waals surface area (Å²) in [5.74, 6) is -0.583. The van der Waals surface area contributed by atoms with Gasteiger partial charge in [-0.15, -0.1) is 0 Å².